The van der Waals surface area contributed by atoms with Crippen molar-refractivity contribution in [2.75, 3.05) is 7.11 Å². The van der Waals surface area contributed by atoms with Crippen molar-refractivity contribution in [2.45, 2.75) is 19.4 Å². The summed E-state index contributed by atoms with van der Waals surface area (Å²) in [6.07, 6.45) is 0.347. The van der Waals surface area contributed by atoms with E-state index in [-0.39, 0.29) is 23.7 Å². The molecular formula is C12H16ClF2NO. The predicted molar refractivity (Wildman–Crippen MR) is 66.5 cm³/mol. The minimum Gasteiger partial charge on any atom is -0.497 e. The molecule has 0 aliphatic carbocycles. The Bertz CT molecular complexity index is 386. The summed E-state index contributed by atoms with van der Waals surface area (Å²) in [4.78, 5) is 0. The first-order chi connectivity index (χ1) is 7.45. The third kappa shape index (κ3) is 3.98. The second kappa shape index (κ2) is 6.57. The lowest BCUT2D eigenvalue weighted by Gasteiger charge is -2.14. The highest BCUT2D eigenvalue weighted by Gasteiger charge is 2.18. The molecule has 0 radical (unpaired) electrons. The third-order valence-electron chi connectivity index (χ3n) is 2.23. The number of nitrogens with two attached hydrogens (primary N) is 1. The van der Waals surface area contributed by atoms with Crippen molar-refractivity contribution in [3.63, 3.8) is 0 Å². The molecule has 0 bridgehead atoms. The van der Waals surface area contributed by atoms with Crippen molar-refractivity contribution >= 4 is 12.4 Å². The number of ether oxygens (including phenoxy) is 1. The zero-order valence-corrected chi connectivity index (χ0v) is 10.6. The average Bonchev–Trinajstić information content (AvgIpc) is 2.15. The van der Waals surface area contributed by atoms with Crippen molar-refractivity contribution in [3.8, 4) is 5.75 Å². The molecule has 0 saturated heterocycles. The van der Waals surface area contributed by atoms with E-state index in [4.69, 9.17) is 10.5 Å². The minimum atomic E-state index is -0.719. The van der Waals surface area contributed by atoms with Crippen LogP contribution in [0, 0.1) is 11.6 Å². The Hall–Kier alpha value is -1.13. The average molecular weight is 264 g/mol. The first kappa shape index (κ1) is 15.9. The molecule has 96 valence electrons. The summed E-state index contributed by atoms with van der Waals surface area (Å²) < 4.78 is 31.9. The second-order valence-electron chi connectivity index (χ2n) is 3.77. The zero-order valence-electron chi connectivity index (χ0n) is 9.80. The highest BCUT2D eigenvalue weighted by molar-refractivity contribution is 5.85. The number of benzene rings is 1. The van der Waals surface area contributed by atoms with Crippen LogP contribution in [0.25, 0.3) is 0 Å². The van der Waals surface area contributed by atoms with E-state index in [0.29, 0.717) is 6.42 Å². The molecule has 1 atom stereocenters. The van der Waals surface area contributed by atoms with Crippen LogP contribution in [-0.2, 0) is 0 Å². The molecule has 1 aromatic carbocycles. The first-order valence-electron chi connectivity index (χ1n) is 4.88. The van der Waals surface area contributed by atoms with Crippen molar-refractivity contribution in [2.24, 2.45) is 5.73 Å². The summed E-state index contributed by atoms with van der Waals surface area (Å²) in [6.45, 7) is 5.43. The molecule has 0 aliphatic heterocycles. The van der Waals surface area contributed by atoms with Crippen molar-refractivity contribution < 1.29 is 13.5 Å². The molecule has 0 aliphatic rings. The Balaban J connectivity index is 0.00000256. The van der Waals surface area contributed by atoms with Crippen LogP contribution in [0.1, 0.15) is 24.9 Å². The molecule has 1 aromatic rings. The van der Waals surface area contributed by atoms with Crippen molar-refractivity contribution in [1.29, 1.82) is 0 Å². The summed E-state index contributed by atoms with van der Waals surface area (Å²) in [7, 11) is 1.35. The van der Waals surface area contributed by atoms with Gasteiger partial charge in [-0.3, -0.25) is 0 Å². The van der Waals surface area contributed by atoms with E-state index in [1.165, 1.54) is 7.11 Å². The van der Waals surface area contributed by atoms with Crippen LogP contribution in [-0.4, -0.2) is 7.11 Å². The van der Waals surface area contributed by atoms with Crippen LogP contribution in [0.15, 0.2) is 24.3 Å². The van der Waals surface area contributed by atoms with Gasteiger partial charge in [0.25, 0.3) is 0 Å². The fourth-order valence-electron chi connectivity index (χ4n) is 1.51. The van der Waals surface area contributed by atoms with Crippen LogP contribution in [0.3, 0.4) is 0 Å². The molecule has 5 heteroatoms. The van der Waals surface area contributed by atoms with Crippen LogP contribution < -0.4 is 10.5 Å². The summed E-state index contributed by atoms with van der Waals surface area (Å²) in [5.41, 5.74) is 6.37. The van der Waals surface area contributed by atoms with Gasteiger partial charge in [0.2, 0.25) is 0 Å². The van der Waals surface area contributed by atoms with E-state index >= 15 is 0 Å². The Morgan fingerprint density at radius 1 is 1.41 bits per heavy atom. The molecular weight excluding hydrogens is 248 g/mol. The van der Waals surface area contributed by atoms with Gasteiger partial charge in [-0.05, 0) is 13.3 Å². The van der Waals surface area contributed by atoms with Gasteiger partial charge >= 0.3 is 0 Å². The maximum Gasteiger partial charge on any atom is 0.134 e. The smallest absolute Gasteiger partial charge is 0.134 e. The maximum atomic E-state index is 13.6. The van der Waals surface area contributed by atoms with E-state index in [2.05, 4.69) is 6.58 Å². The fourth-order valence-corrected chi connectivity index (χ4v) is 1.51. The van der Waals surface area contributed by atoms with Gasteiger partial charge in [0.15, 0.2) is 0 Å². The fraction of sp³-hybridized carbons (Fsp3) is 0.333. The van der Waals surface area contributed by atoms with E-state index < -0.39 is 17.7 Å². The lowest BCUT2D eigenvalue weighted by Crippen LogP contribution is -2.14. The molecule has 0 spiro atoms. The molecule has 1 rings (SSSR count). The molecule has 0 heterocycles. The SMILES string of the molecule is C=C(C)C[C@@H](N)c1c(F)cc(OC)cc1F.Cl. The van der Waals surface area contributed by atoms with Gasteiger partial charge in [0.1, 0.15) is 17.4 Å². The first-order valence-corrected chi connectivity index (χ1v) is 4.88. The number of rotatable bonds is 4. The van der Waals surface area contributed by atoms with Gasteiger partial charge < -0.3 is 10.5 Å². The molecule has 17 heavy (non-hydrogen) atoms. The Kier molecular flexibility index (Phi) is 6.13. The van der Waals surface area contributed by atoms with Gasteiger partial charge in [-0.15, -0.1) is 19.0 Å². The second-order valence-corrected chi connectivity index (χ2v) is 3.77. The molecule has 0 amide bonds. The Labute approximate surface area is 106 Å². The largest absolute Gasteiger partial charge is 0.497 e. The summed E-state index contributed by atoms with van der Waals surface area (Å²) >= 11 is 0. The predicted octanol–water partition coefficient (Wildman–Crippen LogP) is 3.36. The Morgan fingerprint density at radius 2 is 1.88 bits per heavy atom. The molecule has 2 N–H and O–H groups in total. The van der Waals surface area contributed by atoms with Crippen molar-refractivity contribution in [3.05, 3.63) is 41.5 Å². The van der Waals surface area contributed by atoms with E-state index in [1.807, 2.05) is 0 Å². The van der Waals surface area contributed by atoms with E-state index in [1.54, 1.807) is 6.92 Å². The number of halogens is 3. The monoisotopic (exact) mass is 263 g/mol. The van der Waals surface area contributed by atoms with Crippen LogP contribution in [0.4, 0.5) is 8.78 Å². The molecule has 0 aromatic heterocycles. The van der Waals surface area contributed by atoms with Crippen LogP contribution in [0.2, 0.25) is 0 Å². The van der Waals surface area contributed by atoms with Crippen LogP contribution in [0.5, 0.6) is 5.75 Å². The standard InChI is InChI=1S/C12H15F2NO.ClH/c1-7(2)4-11(15)12-9(13)5-8(16-3)6-10(12)14;/h5-6,11H,1,4,15H2,2-3H3;1H/t11-;/m1./s1. The quantitative estimate of drug-likeness (QED) is 0.846. The minimum absolute atomic E-state index is 0. The highest BCUT2D eigenvalue weighted by atomic mass is 35.5. The highest BCUT2D eigenvalue weighted by Crippen LogP contribution is 2.27. The maximum absolute atomic E-state index is 13.6. The van der Waals surface area contributed by atoms with Gasteiger partial charge in [-0.1, -0.05) is 5.57 Å². The van der Waals surface area contributed by atoms with Gasteiger partial charge in [-0.2, -0.15) is 0 Å². The van der Waals surface area contributed by atoms with Crippen LogP contribution >= 0.6 is 12.4 Å². The number of hydrogen-bond acceptors (Lipinski definition) is 2. The van der Waals surface area contributed by atoms with Crippen molar-refractivity contribution in [1.82, 2.24) is 0 Å². The summed E-state index contributed by atoms with van der Waals surface area (Å²) in [5.74, 6) is -1.24. The molecule has 2 nitrogen and oxygen atoms in total. The van der Waals surface area contributed by atoms with E-state index in [9.17, 15) is 8.78 Å². The number of methoxy groups -OCH3 is 1. The molecule has 0 fully saturated rings. The van der Waals surface area contributed by atoms with Gasteiger partial charge in [0.05, 0.1) is 7.11 Å². The zero-order chi connectivity index (χ0) is 12.3. The van der Waals surface area contributed by atoms with Gasteiger partial charge in [-0.25, -0.2) is 8.78 Å². The molecule has 0 saturated carbocycles. The summed E-state index contributed by atoms with van der Waals surface area (Å²) in [5, 5.41) is 0. The summed E-state index contributed by atoms with van der Waals surface area (Å²) in [6, 6.07) is 1.52. The molecule has 0 unspecified atom stereocenters. The third-order valence-corrected chi connectivity index (χ3v) is 2.23. The van der Waals surface area contributed by atoms with E-state index in [0.717, 1.165) is 17.7 Å². The lowest BCUT2D eigenvalue weighted by molar-refractivity contribution is 0.403. The number of hydrogen-bond donors (Lipinski definition) is 1. The topological polar surface area (TPSA) is 35.2 Å². The lowest BCUT2D eigenvalue weighted by atomic mass is 10.00. The van der Waals surface area contributed by atoms with Gasteiger partial charge in [0, 0.05) is 23.7 Å². The Morgan fingerprint density at radius 3 is 2.24 bits per heavy atom. The normalized spacial score (nSPS) is 11.6.